The van der Waals surface area contributed by atoms with E-state index in [1.807, 2.05) is 18.2 Å². The van der Waals surface area contributed by atoms with Crippen LogP contribution in [0, 0.1) is 11.7 Å². The Morgan fingerprint density at radius 3 is 2.25 bits per heavy atom. The van der Waals surface area contributed by atoms with Crippen molar-refractivity contribution in [3.63, 3.8) is 0 Å². The summed E-state index contributed by atoms with van der Waals surface area (Å²) in [5, 5.41) is 0. The van der Waals surface area contributed by atoms with Crippen molar-refractivity contribution in [3.8, 4) is 11.5 Å². The summed E-state index contributed by atoms with van der Waals surface area (Å²) in [4.78, 5) is 0.0226. The van der Waals surface area contributed by atoms with Gasteiger partial charge in [0.15, 0.2) is 0 Å². The van der Waals surface area contributed by atoms with Crippen molar-refractivity contribution in [2.45, 2.75) is 30.6 Å². The number of hydrogen-bond acceptors (Lipinski definition) is 4. The first-order valence-electron chi connectivity index (χ1n) is 9.40. The van der Waals surface area contributed by atoms with E-state index in [4.69, 9.17) is 9.47 Å². The zero-order chi connectivity index (χ0) is 20.1. The van der Waals surface area contributed by atoms with Crippen molar-refractivity contribution in [3.05, 3.63) is 53.8 Å². The van der Waals surface area contributed by atoms with Gasteiger partial charge in [-0.05, 0) is 67.5 Å². The van der Waals surface area contributed by atoms with Gasteiger partial charge in [-0.15, -0.1) is 0 Å². The molecule has 1 fully saturated rings. The summed E-state index contributed by atoms with van der Waals surface area (Å²) in [5.74, 6) is 1.46. The number of rotatable bonds is 7. The summed E-state index contributed by atoms with van der Waals surface area (Å²) in [5.41, 5.74) is 1.14. The normalized spacial score (nSPS) is 16.1. The van der Waals surface area contributed by atoms with E-state index in [0.29, 0.717) is 19.0 Å². The Labute approximate surface area is 166 Å². The molecule has 5 nitrogen and oxygen atoms in total. The topological polar surface area (TPSA) is 55.8 Å². The summed E-state index contributed by atoms with van der Waals surface area (Å²) in [6.45, 7) is 0.926. The number of methoxy groups -OCH3 is 2. The minimum Gasteiger partial charge on any atom is -0.497 e. The van der Waals surface area contributed by atoms with Gasteiger partial charge in [-0.1, -0.05) is 6.07 Å². The third-order valence-electron chi connectivity index (χ3n) is 5.26. The Kier molecular flexibility index (Phi) is 6.57. The molecule has 0 atom stereocenters. The van der Waals surface area contributed by atoms with Crippen molar-refractivity contribution >= 4 is 10.0 Å². The molecule has 0 spiro atoms. The van der Waals surface area contributed by atoms with Gasteiger partial charge in [0, 0.05) is 19.2 Å². The van der Waals surface area contributed by atoms with Crippen LogP contribution in [-0.2, 0) is 16.4 Å². The van der Waals surface area contributed by atoms with Gasteiger partial charge in [-0.3, -0.25) is 0 Å². The lowest BCUT2D eigenvalue weighted by Crippen LogP contribution is -2.38. The van der Waals surface area contributed by atoms with E-state index in [1.165, 1.54) is 22.5 Å². The molecule has 0 saturated carbocycles. The van der Waals surface area contributed by atoms with Gasteiger partial charge in [0.05, 0.1) is 19.1 Å². The second-order valence-electron chi connectivity index (χ2n) is 7.06. The van der Waals surface area contributed by atoms with Crippen LogP contribution in [0.3, 0.4) is 0 Å². The van der Waals surface area contributed by atoms with Gasteiger partial charge >= 0.3 is 0 Å². The minimum atomic E-state index is -3.63. The Morgan fingerprint density at radius 2 is 1.68 bits per heavy atom. The average Bonchev–Trinajstić information content (AvgIpc) is 2.72. The van der Waals surface area contributed by atoms with E-state index in [-0.39, 0.29) is 4.90 Å². The van der Waals surface area contributed by atoms with Crippen LogP contribution in [0.4, 0.5) is 4.39 Å². The van der Waals surface area contributed by atoms with Crippen LogP contribution in [0.25, 0.3) is 0 Å². The standard InChI is InChI=1S/C21H26FNO4S/c1-26-19-12-17(13-20(15-19)27-2)7-6-16-8-10-23(11-9-16)28(24,25)21-5-3-4-18(22)14-21/h3-5,12-16H,6-11H2,1-2H3. The Hall–Kier alpha value is -2.12. The van der Waals surface area contributed by atoms with Gasteiger partial charge in [-0.25, -0.2) is 12.8 Å². The van der Waals surface area contributed by atoms with Crippen molar-refractivity contribution in [2.75, 3.05) is 27.3 Å². The fraction of sp³-hybridized carbons (Fsp3) is 0.429. The number of nitrogens with zero attached hydrogens (tertiary/aromatic N) is 1. The highest BCUT2D eigenvalue weighted by Crippen LogP contribution is 2.29. The number of benzene rings is 2. The molecule has 0 bridgehead atoms. The SMILES string of the molecule is COc1cc(CCC2CCN(S(=O)(=O)c3cccc(F)c3)CC2)cc(OC)c1. The first kappa shape index (κ1) is 20.6. The van der Waals surface area contributed by atoms with Gasteiger partial charge in [0.1, 0.15) is 17.3 Å². The molecule has 0 aromatic heterocycles. The maximum atomic E-state index is 13.4. The van der Waals surface area contributed by atoms with Crippen molar-refractivity contribution in [2.24, 2.45) is 5.92 Å². The Bertz CT molecular complexity index is 886. The average molecular weight is 408 g/mol. The molecule has 0 N–H and O–H groups in total. The molecule has 152 valence electrons. The number of ether oxygens (including phenoxy) is 2. The molecule has 2 aromatic carbocycles. The third kappa shape index (κ3) is 4.83. The number of sulfonamides is 1. The van der Waals surface area contributed by atoms with Crippen LogP contribution in [0.1, 0.15) is 24.8 Å². The molecule has 0 unspecified atom stereocenters. The van der Waals surface area contributed by atoms with Crippen LogP contribution in [-0.4, -0.2) is 40.0 Å². The lowest BCUT2D eigenvalue weighted by atomic mass is 9.91. The largest absolute Gasteiger partial charge is 0.497 e. The van der Waals surface area contributed by atoms with Gasteiger partial charge < -0.3 is 9.47 Å². The van der Waals surface area contributed by atoms with Crippen LogP contribution in [0.2, 0.25) is 0 Å². The first-order valence-corrected chi connectivity index (χ1v) is 10.8. The molecule has 2 aromatic rings. The van der Waals surface area contributed by atoms with Crippen molar-refractivity contribution in [1.82, 2.24) is 4.31 Å². The maximum Gasteiger partial charge on any atom is 0.243 e. The molecule has 0 amide bonds. The van der Waals surface area contributed by atoms with Crippen LogP contribution < -0.4 is 9.47 Å². The van der Waals surface area contributed by atoms with Crippen LogP contribution in [0.15, 0.2) is 47.4 Å². The molecule has 0 aliphatic carbocycles. The summed E-state index contributed by atoms with van der Waals surface area (Å²) >= 11 is 0. The van der Waals surface area contributed by atoms with Crippen LogP contribution in [0.5, 0.6) is 11.5 Å². The summed E-state index contributed by atoms with van der Waals surface area (Å²) in [6, 6.07) is 11.1. The molecular formula is C21H26FNO4S. The van der Waals surface area contributed by atoms with E-state index in [9.17, 15) is 12.8 Å². The lowest BCUT2D eigenvalue weighted by molar-refractivity contribution is 0.263. The highest BCUT2D eigenvalue weighted by molar-refractivity contribution is 7.89. The maximum absolute atomic E-state index is 13.4. The number of aryl methyl sites for hydroxylation is 1. The number of halogens is 1. The van der Waals surface area contributed by atoms with E-state index in [1.54, 1.807) is 14.2 Å². The van der Waals surface area contributed by atoms with E-state index in [0.717, 1.165) is 48.8 Å². The molecule has 28 heavy (non-hydrogen) atoms. The van der Waals surface area contributed by atoms with E-state index >= 15 is 0 Å². The molecule has 0 radical (unpaired) electrons. The van der Waals surface area contributed by atoms with E-state index < -0.39 is 15.8 Å². The second kappa shape index (κ2) is 8.92. The summed E-state index contributed by atoms with van der Waals surface area (Å²) in [7, 11) is -0.368. The summed E-state index contributed by atoms with van der Waals surface area (Å²) < 4.78 is 50.9. The monoisotopic (exact) mass is 407 g/mol. The van der Waals surface area contributed by atoms with Crippen LogP contribution >= 0.6 is 0 Å². The Balaban J connectivity index is 1.57. The molecule has 1 saturated heterocycles. The first-order chi connectivity index (χ1) is 13.4. The third-order valence-corrected chi connectivity index (χ3v) is 7.15. The number of hydrogen-bond donors (Lipinski definition) is 0. The Morgan fingerprint density at radius 1 is 1.04 bits per heavy atom. The molecule has 7 heteroatoms. The molecule has 1 aliphatic rings. The minimum absolute atomic E-state index is 0.0226. The highest BCUT2D eigenvalue weighted by Gasteiger charge is 2.29. The van der Waals surface area contributed by atoms with Gasteiger partial charge in [-0.2, -0.15) is 4.31 Å². The number of piperidine rings is 1. The van der Waals surface area contributed by atoms with Crippen molar-refractivity contribution in [1.29, 1.82) is 0 Å². The van der Waals surface area contributed by atoms with E-state index in [2.05, 4.69) is 0 Å². The van der Waals surface area contributed by atoms with Gasteiger partial charge in [0.2, 0.25) is 10.0 Å². The lowest BCUT2D eigenvalue weighted by Gasteiger charge is -2.31. The smallest absolute Gasteiger partial charge is 0.243 e. The second-order valence-corrected chi connectivity index (χ2v) is 9.00. The molecular weight excluding hydrogens is 381 g/mol. The molecule has 1 heterocycles. The zero-order valence-corrected chi connectivity index (χ0v) is 17.0. The molecule has 3 rings (SSSR count). The predicted octanol–water partition coefficient (Wildman–Crippen LogP) is 3.88. The highest BCUT2D eigenvalue weighted by atomic mass is 32.2. The predicted molar refractivity (Wildman–Crippen MR) is 106 cm³/mol. The van der Waals surface area contributed by atoms with Gasteiger partial charge in [0.25, 0.3) is 0 Å². The fourth-order valence-corrected chi connectivity index (χ4v) is 5.10. The fourth-order valence-electron chi connectivity index (χ4n) is 3.60. The molecule has 1 aliphatic heterocycles. The quantitative estimate of drug-likeness (QED) is 0.699. The zero-order valence-electron chi connectivity index (χ0n) is 16.2. The van der Waals surface area contributed by atoms with Crippen molar-refractivity contribution < 1.29 is 22.3 Å². The summed E-state index contributed by atoms with van der Waals surface area (Å²) in [6.07, 6.45) is 3.46.